The fourth-order valence-electron chi connectivity index (χ4n) is 0.776. The highest BCUT2D eigenvalue weighted by Gasteiger charge is 2.01. The van der Waals surface area contributed by atoms with Crippen LogP contribution >= 0.6 is 39.7 Å². The van der Waals surface area contributed by atoms with E-state index in [1.165, 1.54) is 0 Å². The lowest BCUT2D eigenvalue weighted by molar-refractivity contribution is 1.20. The van der Waals surface area contributed by atoms with Crippen molar-refractivity contribution < 1.29 is 0 Å². The average molecular weight is 280 g/mol. The fraction of sp³-hybridized carbons (Fsp3) is 0.125. The molecular weight excluding hydrogens is 272 g/mol. The van der Waals surface area contributed by atoms with Crippen LogP contribution in [0.3, 0.4) is 0 Å². The normalized spacial score (nSPS) is 9.46. The maximum absolute atomic E-state index is 5.95. The molecule has 1 aromatic rings. The molecule has 0 radical (unpaired) electrons. The lowest BCUT2D eigenvalue weighted by Crippen LogP contribution is -2.24. The van der Waals surface area contributed by atoms with Gasteiger partial charge in [-0.25, -0.2) is 0 Å². The monoisotopic (exact) mass is 278 g/mol. The molecule has 0 unspecified atom stereocenters. The Morgan fingerprint density at radius 2 is 2.23 bits per heavy atom. The van der Waals surface area contributed by atoms with Gasteiger partial charge in [0.15, 0.2) is 5.11 Å². The molecule has 0 amide bonds. The summed E-state index contributed by atoms with van der Waals surface area (Å²) in [5.74, 6) is 0. The summed E-state index contributed by atoms with van der Waals surface area (Å²) in [7, 11) is 1.75. The van der Waals surface area contributed by atoms with Gasteiger partial charge in [0.05, 0.1) is 10.7 Å². The van der Waals surface area contributed by atoms with Crippen molar-refractivity contribution in [1.29, 1.82) is 0 Å². The van der Waals surface area contributed by atoms with Gasteiger partial charge in [0.1, 0.15) is 0 Å². The van der Waals surface area contributed by atoms with Gasteiger partial charge in [-0.05, 0) is 30.4 Å². The molecule has 0 bridgehead atoms. The molecule has 1 rings (SSSR count). The summed E-state index contributed by atoms with van der Waals surface area (Å²) >= 11 is 14.2. The second-order valence-electron chi connectivity index (χ2n) is 2.33. The zero-order valence-corrected chi connectivity index (χ0v) is 10.1. The molecule has 0 spiro atoms. The average Bonchev–Trinajstić information content (AvgIpc) is 2.09. The van der Waals surface area contributed by atoms with Crippen molar-refractivity contribution in [2.75, 3.05) is 12.4 Å². The molecule has 0 fully saturated rings. The van der Waals surface area contributed by atoms with Gasteiger partial charge in [0.2, 0.25) is 0 Å². The number of thiocarbonyl (C=S) groups is 1. The lowest BCUT2D eigenvalue weighted by atomic mass is 10.3. The summed E-state index contributed by atoms with van der Waals surface area (Å²) in [4.78, 5) is 0. The molecule has 2 N–H and O–H groups in total. The second kappa shape index (κ2) is 4.79. The van der Waals surface area contributed by atoms with Gasteiger partial charge in [-0.2, -0.15) is 0 Å². The molecule has 0 aliphatic heterocycles. The Labute approximate surface area is 95.8 Å². The van der Waals surface area contributed by atoms with Gasteiger partial charge in [-0.15, -0.1) is 0 Å². The Balaban J connectivity index is 2.83. The SMILES string of the molecule is CNC(=S)Nc1ccc(Br)cc1Cl. The van der Waals surface area contributed by atoms with Crippen LogP contribution in [0.5, 0.6) is 0 Å². The van der Waals surface area contributed by atoms with Crippen molar-refractivity contribution in [3.05, 3.63) is 27.7 Å². The van der Waals surface area contributed by atoms with E-state index in [-0.39, 0.29) is 0 Å². The summed E-state index contributed by atoms with van der Waals surface area (Å²) in [6, 6.07) is 5.56. The summed E-state index contributed by atoms with van der Waals surface area (Å²) < 4.78 is 0.943. The Morgan fingerprint density at radius 3 is 2.77 bits per heavy atom. The van der Waals surface area contributed by atoms with Gasteiger partial charge >= 0.3 is 0 Å². The van der Waals surface area contributed by atoms with Gasteiger partial charge in [-0.3, -0.25) is 0 Å². The second-order valence-corrected chi connectivity index (χ2v) is 4.06. The number of halogens is 2. The molecular formula is C8H8BrClN2S. The molecule has 0 aliphatic rings. The third-order valence-electron chi connectivity index (χ3n) is 1.41. The highest BCUT2D eigenvalue weighted by atomic mass is 79.9. The van der Waals surface area contributed by atoms with Gasteiger partial charge in [0.25, 0.3) is 0 Å². The Morgan fingerprint density at radius 1 is 1.54 bits per heavy atom. The Hall–Kier alpha value is -0.320. The predicted molar refractivity (Wildman–Crippen MR) is 64.4 cm³/mol. The minimum Gasteiger partial charge on any atom is -0.366 e. The first-order chi connectivity index (χ1) is 6.13. The number of hydrogen-bond donors (Lipinski definition) is 2. The predicted octanol–water partition coefficient (Wildman–Crippen LogP) is 3.02. The smallest absolute Gasteiger partial charge is 0.170 e. The third kappa shape index (κ3) is 3.14. The number of rotatable bonds is 1. The first kappa shape index (κ1) is 10.8. The highest BCUT2D eigenvalue weighted by molar-refractivity contribution is 9.10. The summed E-state index contributed by atoms with van der Waals surface area (Å²) in [6.07, 6.45) is 0. The molecule has 0 saturated carbocycles. The van der Waals surface area contributed by atoms with Crippen molar-refractivity contribution >= 4 is 50.5 Å². The van der Waals surface area contributed by atoms with E-state index in [0.29, 0.717) is 10.1 Å². The lowest BCUT2D eigenvalue weighted by Gasteiger charge is -2.08. The van der Waals surface area contributed by atoms with Crippen LogP contribution in [0.4, 0.5) is 5.69 Å². The number of hydrogen-bond acceptors (Lipinski definition) is 1. The Bertz CT molecular complexity index is 330. The Kier molecular flexibility index (Phi) is 3.96. The largest absolute Gasteiger partial charge is 0.366 e. The highest BCUT2D eigenvalue weighted by Crippen LogP contribution is 2.25. The van der Waals surface area contributed by atoms with E-state index in [2.05, 4.69) is 26.6 Å². The fourth-order valence-corrected chi connectivity index (χ4v) is 1.61. The quantitative estimate of drug-likeness (QED) is 0.773. The van der Waals surface area contributed by atoms with Crippen molar-refractivity contribution in [3.63, 3.8) is 0 Å². The molecule has 70 valence electrons. The molecule has 13 heavy (non-hydrogen) atoms. The zero-order valence-electron chi connectivity index (χ0n) is 6.90. The van der Waals surface area contributed by atoms with Crippen molar-refractivity contribution in [3.8, 4) is 0 Å². The maximum atomic E-state index is 5.95. The molecule has 0 atom stereocenters. The van der Waals surface area contributed by atoms with Gasteiger partial charge in [-0.1, -0.05) is 27.5 Å². The van der Waals surface area contributed by atoms with Crippen LogP contribution in [0.2, 0.25) is 5.02 Å². The van der Waals surface area contributed by atoms with Crippen LogP contribution < -0.4 is 10.6 Å². The molecule has 0 heterocycles. The van der Waals surface area contributed by atoms with Crippen molar-refractivity contribution in [2.24, 2.45) is 0 Å². The van der Waals surface area contributed by atoms with Crippen LogP contribution in [-0.4, -0.2) is 12.2 Å². The number of nitrogens with one attached hydrogen (secondary N) is 2. The van der Waals surface area contributed by atoms with Crippen LogP contribution in [-0.2, 0) is 0 Å². The molecule has 0 aromatic heterocycles. The third-order valence-corrected chi connectivity index (χ3v) is 2.52. The van der Waals surface area contributed by atoms with Crippen LogP contribution in [0, 0.1) is 0 Å². The first-order valence-corrected chi connectivity index (χ1v) is 5.15. The van der Waals surface area contributed by atoms with E-state index < -0.39 is 0 Å². The van der Waals surface area contributed by atoms with Gasteiger partial charge < -0.3 is 10.6 Å². The minimum atomic E-state index is 0.546. The van der Waals surface area contributed by atoms with Crippen molar-refractivity contribution in [1.82, 2.24) is 5.32 Å². The van der Waals surface area contributed by atoms with E-state index in [0.717, 1.165) is 10.2 Å². The standard InChI is InChI=1S/C8H8BrClN2S/c1-11-8(13)12-7-3-2-5(9)4-6(7)10/h2-4H,1H3,(H2,11,12,13). The molecule has 0 saturated heterocycles. The van der Waals surface area contributed by atoms with Crippen molar-refractivity contribution in [2.45, 2.75) is 0 Å². The maximum Gasteiger partial charge on any atom is 0.170 e. The van der Waals surface area contributed by atoms with E-state index in [4.69, 9.17) is 23.8 Å². The van der Waals surface area contributed by atoms with E-state index in [9.17, 15) is 0 Å². The van der Waals surface area contributed by atoms with Crippen LogP contribution in [0.25, 0.3) is 0 Å². The minimum absolute atomic E-state index is 0.546. The van der Waals surface area contributed by atoms with E-state index >= 15 is 0 Å². The topological polar surface area (TPSA) is 24.1 Å². The molecule has 2 nitrogen and oxygen atoms in total. The zero-order chi connectivity index (χ0) is 9.84. The van der Waals surface area contributed by atoms with E-state index in [1.54, 1.807) is 7.05 Å². The van der Waals surface area contributed by atoms with Crippen LogP contribution in [0.1, 0.15) is 0 Å². The van der Waals surface area contributed by atoms with Gasteiger partial charge in [0, 0.05) is 11.5 Å². The summed E-state index contributed by atoms with van der Waals surface area (Å²) in [5, 5.41) is 6.94. The first-order valence-electron chi connectivity index (χ1n) is 3.57. The molecule has 0 aliphatic carbocycles. The molecule has 1 aromatic carbocycles. The number of anilines is 1. The molecule has 5 heteroatoms. The van der Waals surface area contributed by atoms with Crippen LogP contribution in [0.15, 0.2) is 22.7 Å². The summed E-state index contributed by atoms with van der Waals surface area (Å²) in [6.45, 7) is 0. The van der Waals surface area contributed by atoms with E-state index in [1.807, 2.05) is 18.2 Å². The summed E-state index contributed by atoms with van der Waals surface area (Å²) in [5.41, 5.74) is 0.796. The number of benzene rings is 1.